The summed E-state index contributed by atoms with van der Waals surface area (Å²) in [6.45, 7) is 10.4. The Kier molecular flexibility index (Phi) is 7.15. The highest BCUT2D eigenvalue weighted by Crippen LogP contribution is 2.29. The predicted octanol–water partition coefficient (Wildman–Crippen LogP) is 1.07. The molecule has 2 aliphatic rings. The highest BCUT2D eigenvalue weighted by atomic mass is 32.2. The Morgan fingerprint density at radius 2 is 1.89 bits per heavy atom. The molecule has 0 aromatic rings. The Morgan fingerprint density at radius 3 is 2.48 bits per heavy atom. The molecule has 2 rings (SSSR count). The Morgan fingerprint density at radius 1 is 1.26 bits per heavy atom. The summed E-state index contributed by atoms with van der Waals surface area (Å²) in [6, 6.07) is 0. The Bertz CT molecular complexity index is 588. The van der Waals surface area contributed by atoms with Crippen molar-refractivity contribution in [2.45, 2.75) is 70.1 Å². The fourth-order valence-electron chi connectivity index (χ4n) is 3.02. The van der Waals surface area contributed by atoms with Gasteiger partial charge in [0.2, 0.25) is 12.1 Å². The highest BCUT2D eigenvalue weighted by Gasteiger charge is 2.46. The number of amides is 2. The molecule has 0 radical (unpaired) electrons. The summed E-state index contributed by atoms with van der Waals surface area (Å²) in [5.41, 5.74) is 0.385. The number of ether oxygens (including phenoxy) is 1. The van der Waals surface area contributed by atoms with Gasteiger partial charge in [-0.1, -0.05) is 19.0 Å². The van der Waals surface area contributed by atoms with Crippen LogP contribution in [-0.4, -0.2) is 58.1 Å². The average molecular weight is 402 g/mol. The largest absolute Gasteiger partial charge is 0.615 e. The van der Waals surface area contributed by atoms with Crippen molar-refractivity contribution in [3.63, 3.8) is 0 Å². The molecule has 0 aliphatic carbocycles. The molecule has 0 aromatic heterocycles. The first-order chi connectivity index (χ1) is 12.5. The summed E-state index contributed by atoms with van der Waals surface area (Å²) in [5, 5.41) is 9.66. The molecule has 0 bridgehead atoms. The molecule has 9 heteroatoms. The van der Waals surface area contributed by atoms with Crippen molar-refractivity contribution < 1.29 is 23.7 Å². The molecule has 8 nitrogen and oxygen atoms in total. The zero-order valence-corrected chi connectivity index (χ0v) is 17.6. The van der Waals surface area contributed by atoms with Crippen LogP contribution >= 0.6 is 0 Å². The van der Waals surface area contributed by atoms with E-state index in [1.54, 1.807) is 13.8 Å². The van der Waals surface area contributed by atoms with Crippen LogP contribution in [0.2, 0.25) is 0 Å². The third kappa shape index (κ3) is 5.58. The zero-order valence-electron chi connectivity index (χ0n) is 16.8. The molecular weight excluding hydrogens is 370 g/mol. The van der Waals surface area contributed by atoms with Crippen LogP contribution in [0.5, 0.6) is 0 Å². The third-order valence-corrected chi connectivity index (χ3v) is 7.31. The minimum Gasteiger partial charge on any atom is -0.615 e. The normalized spacial score (nSPS) is 22.6. The van der Waals surface area contributed by atoms with Crippen LogP contribution in [0.25, 0.3) is 0 Å². The average Bonchev–Trinajstić information content (AvgIpc) is 3.09. The van der Waals surface area contributed by atoms with Crippen molar-refractivity contribution in [3.05, 3.63) is 0 Å². The second-order valence-electron chi connectivity index (χ2n) is 8.22. The molecule has 0 saturated carbocycles. The van der Waals surface area contributed by atoms with Gasteiger partial charge in [0.05, 0.1) is 18.9 Å². The molecule has 2 heterocycles. The molecule has 154 valence electrons. The minimum atomic E-state index is -1.31. The second kappa shape index (κ2) is 8.79. The van der Waals surface area contributed by atoms with E-state index < -0.39 is 22.2 Å². The van der Waals surface area contributed by atoms with E-state index in [2.05, 4.69) is 15.8 Å². The standard InChI is InChI=1S/C18H31N3O5S/c1-12(22)19-11-17(2,3)14-10-15(26-21-14)20-16(23)18(4,5)27(24)13-6-8-25-9-7-13/h13,15H,6-11H2,1-5H3,(H,19,22)(H,20,23). The molecule has 2 N–H and O–H groups in total. The quantitative estimate of drug-likeness (QED) is 0.620. The summed E-state index contributed by atoms with van der Waals surface area (Å²) in [7, 11) is 0. The molecule has 0 aromatic carbocycles. The molecule has 0 spiro atoms. The summed E-state index contributed by atoms with van der Waals surface area (Å²) < 4.78 is 17.2. The summed E-state index contributed by atoms with van der Waals surface area (Å²) in [4.78, 5) is 29.3. The first-order valence-corrected chi connectivity index (χ1v) is 10.5. The molecule has 2 atom stereocenters. The van der Waals surface area contributed by atoms with Crippen LogP contribution in [0.1, 0.15) is 53.9 Å². The highest BCUT2D eigenvalue weighted by molar-refractivity contribution is 7.94. The van der Waals surface area contributed by atoms with Crippen molar-refractivity contribution in [2.75, 3.05) is 19.8 Å². The second-order valence-corrected chi connectivity index (χ2v) is 10.5. The van der Waals surface area contributed by atoms with Crippen molar-refractivity contribution in [1.82, 2.24) is 10.6 Å². The molecule has 2 aliphatic heterocycles. The molecule has 1 fully saturated rings. The van der Waals surface area contributed by atoms with Crippen molar-refractivity contribution >= 4 is 28.7 Å². The number of hydrogen-bond acceptors (Lipinski definition) is 6. The van der Waals surface area contributed by atoms with E-state index in [-0.39, 0.29) is 22.5 Å². The lowest BCUT2D eigenvalue weighted by Crippen LogP contribution is -2.54. The van der Waals surface area contributed by atoms with Crippen molar-refractivity contribution in [2.24, 2.45) is 10.6 Å². The first kappa shape index (κ1) is 22.0. The molecule has 2 unspecified atom stereocenters. The van der Waals surface area contributed by atoms with Crippen molar-refractivity contribution in [1.29, 1.82) is 0 Å². The summed E-state index contributed by atoms with van der Waals surface area (Å²) >= 11 is -1.31. The van der Waals surface area contributed by atoms with E-state index in [4.69, 9.17) is 9.57 Å². The van der Waals surface area contributed by atoms with Gasteiger partial charge >= 0.3 is 0 Å². The Balaban J connectivity index is 1.90. The number of carbonyl (C=O) groups is 2. The molecule has 2 amide bonds. The predicted molar refractivity (Wildman–Crippen MR) is 104 cm³/mol. The maximum Gasteiger partial charge on any atom is 0.278 e. The fourth-order valence-corrected chi connectivity index (χ4v) is 4.72. The van der Waals surface area contributed by atoms with Crippen molar-refractivity contribution in [3.8, 4) is 0 Å². The van der Waals surface area contributed by atoms with Gasteiger partial charge in [-0.05, 0) is 25.0 Å². The maximum atomic E-state index is 12.9. The Labute approximate surface area is 164 Å². The third-order valence-electron chi connectivity index (χ3n) is 5.04. The fraction of sp³-hybridized carbons (Fsp3) is 0.833. The van der Waals surface area contributed by atoms with Gasteiger partial charge < -0.3 is 24.8 Å². The van der Waals surface area contributed by atoms with E-state index in [1.165, 1.54) is 6.92 Å². The lowest BCUT2D eigenvalue weighted by atomic mass is 9.85. The number of nitrogens with zero attached hydrogens (tertiary/aromatic N) is 1. The molecular formula is C18H31N3O5S. The van der Waals surface area contributed by atoms with Crippen LogP contribution in [0, 0.1) is 5.41 Å². The van der Waals surface area contributed by atoms with Gasteiger partial charge in [0.15, 0.2) is 4.75 Å². The van der Waals surface area contributed by atoms with E-state index in [9.17, 15) is 14.1 Å². The summed E-state index contributed by atoms with van der Waals surface area (Å²) in [6.07, 6.45) is 1.25. The van der Waals surface area contributed by atoms with Crippen LogP contribution < -0.4 is 10.6 Å². The van der Waals surface area contributed by atoms with E-state index in [0.717, 1.165) is 5.71 Å². The Hall–Kier alpha value is -1.32. The lowest BCUT2D eigenvalue weighted by molar-refractivity contribution is -0.126. The van der Waals surface area contributed by atoms with E-state index >= 15 is 0 Å². The zero-order chi connectivity index (χ0) is 20.2. The van der Waals surface area contributed by atoms with Gasteiger partial charge in [-0.25, -0.2) is 0 Å². The van der Waals surface area contributed by atoms with E-state index in [1.807, 2.05) is 13.8 Å². The number of nitrogens with one attached hydrogen (secondary N) is 2. The number of hydrogen-bond donors (Lipinski definition) is 2. The monoisotopic (exact) mass is 401 g/mol. The van der Waals surface area contributed by atoms with Gasteiger partial charge in [-0.2, -0.15) is 0 Å². The lowest BCUT2D eigenvalue weighted by Gasteiger charge is -2.34. The van der Waals surface area contributed by atoms with Crippen LogP contribution in [0.15, 0.2) is 5.16 Å². The first-order valence-electron chi connectivity index (χ1n) is 9.31. The topological polar surface area (TPSA) is 112 Å². The molecule has 27 heavy (non-hydrogen) atoms. The van der Waals surface area contributed by atoms with Gasteiger partial charge in [0.25, 0.3) is 5.91 Å². The van der Waals surface area contributed by atoms with Gasteiger partial charge in [0, 0.05) is 38.1 Å². The minimum absolute atomic E-state index is 0.0348. The van der Waals surface area contributed by atoms with E-state index in [0.29, 0.717) is 39.0 Å². The number of oxime groups is 1. The van der Waals surface area contributed by atoms with Crippen LogP contribution in [0.4, 0.5) is 0 Å². The number of rotatable bonds is 7. The van der Waals surface area contributed by atoms with Crippen LogP contribution in [-0.2, 0) is 30.3 Å². The number of carbonyl (C=O) groups excluding carboxylic acids is 2. The summed E-state index contributed by atoms with van der Waals surface area (Å²) in [5.74, 6) is -0.418. The smallest absolute Gasteiger partial charge is 0.278 e. The van der Waals surface area contributed by atoms with Gasteiger partial charge in [-0.15, -0.1) is 0 Å². The van der Waals surface area contributed by atoms with Crippen LogP contribution in [0.3, 0.4) is 0 Å². The van der Waals surface area contributed by atoms with Gasteiger partial charge in [-0.3, -0.25) is 9.59 Å². The molecule has 1 saturated heterocycles. The SMILES string of the molecule is CC(=O)NCC(C)(C)C1=NOC(NC(=O)C(C)(C)[S+]([O-])C2CCOCC2)C1. The van der Waals surface area contributed by atoms with Gasteiger partial charge in [0.1, 0.15) is 5.25 Å². The maximum absolute atomic E-state index is 12.9.